The molecule has 0 aliphatic heterocycles. The number of carbonyl (C=O) groups excluding carboxylic acids is 2. The molecule has 0 spiro atoms. The lowest BCUT2D eigenvalue weighted by molar-refractivity contribution is 0.0458. The maximum Gasteiger partial charge on any atom is 0.338 e. The van der Waals surface area contributed by atoms with Crippen molar-refractivity contribution in [1.82, 2.24) is 0 Å². The van der Waals surface area contributed by atoms with E-state index in [1.807, 2.05) is 68.4 Å². The molecule has 5 nitrogen and oxygen atoms in total. The van der Waals surface area contributed by atoms with Gasteiger partial charge in [0, 0.05) is 0 Å². The van der Waals surface area contributed by atoms with E-state index in [4.69, 9.17) is 14.2 Å². The Morgan fingerprint density at radius 3 is 2.07 bits per heavy atom. The minimum Gasteiger partial charge on any atom is -0.462 e. The first kappa shape index (κ1) is 21.1. The molecule has 3 rings (SSSR count). The fourth-order valence-corrected chi connectivity index (χ4v) is 2.65. The summed E-state index contributed by atoms with van der Waals surface area (Å²) in [6.07, 6.45) is 0. The molecule has 0 N–H and O–H groups in total. The molecule has 0 aliphatic rings. The van der Waals surface area contributed by atoms with E-state index in [1.165, 1.54) is 6.07 Å². The van der Waals surface area contributed by atoms with Gasteiger partial charge in [-0.15, -0.1) is 0 Å². The molecule has 0 amide bonds. The summed E-state index contributed by atoms with van der Waals surface area (Å²) in [6.45, 7) is 4.34. The third-order valence-electron chi connectivity index (χ3n) is 4.13. The van der Waals surface area contributed by atoms with Crippen LogP contribution in [0.3, 0.4) is 0 Å². The van der Waals surface area contributed by atoms with E-state index in [0.29, 0.717) is 23.5 Å². The Balaban J connectivity index is 1.60. The van der Waals surface area contributed by atoms with Gasteiger partial charge < -0.3 is 14.2 Å². The molecule has 0 aromatic heterocycles. The van der Waals surface area contributed by atoms with Crippen LogP contribution in [0.4, 0.5) is 0 Å². The lowest BCUT2D eigenvalue weighted by atomic mass is 10.1. The number of hydrogen-bond donors (Lipinski definition) is 0. The average molecular weight is 404 g/mol. The van der Waals surface area contributed by atoms with Crippen LogP contribution in [0.2, 0.25) is 0 Å². The maximum atomic E-state index is 12.4. The summed E-state index contributed by atoms with van der Waals surface area (Å²) in [5.41, 5.74) is 1.42. The van der Waals surface area contributed by atoms with Gasteiger partial charge in [-0.3, -0.25) is 0 Å². The molecule has 0 aliphatic carbocycles. The van der Waals surface area contributed by atoms with Gasteiger partial charge in [0.25, 0.3) is 0 Å². The van der Waals surface area contributed by atoms with E-state index >= 15 is 0 Å². The predicted molar refractivity (Wildman–Crippen MR) is 114 cm³/mol. The van der Waals surface area contributed by atoms with E-state index in [9.17, 15) is 9.59 Å². The Labute approximate surface area is 176 Å². The number of carbonyl (C=O) groups is 2. The highest BCUT2D eigenvalue weighted by Gasteiger charge is 2.13. The van der Waals surface area contributed by atoms with Crippen LogP contribution in [0.1, 0.15) is 40.1 Å². The van der Waals surface area contributed by atoms with Crippen molar-refractivity contribution in [1.29, 1.82) is 0 Å². The third kappa shape index (κ3) is 6.21. The largest absolute Gasteiger partial charge is 0.462 e. The molecule has 154 valence electrons. The topological polar surface area (TPSA) is 61.8 Å². The molecular formula is C25H24O5. The summed E-state index contributed by atoms with van der Waals surface area (Å²) in [5.74, 6) is 0.660. The second-order valence-electron chi connectivity index (χ2n) is 7.21. The molecule has 0 bridgehead atoms. The Kier molecular flexibility index (Phi) is 7.22. The van der Waals surface area contributed by atoms with Crippen LogP contribution in [0, 0.1) is 5.92 Å². The zero-order valence-electron chi connectivity index (χ0n) is 17.0. The van der Waals surface area contributed by atoms with E-state index in [1.54, 1.807) is 18.2 Å². The van der Waals surface area contributed by atoms with E-state index in [2.05, 4.69) is 0 Å². The van der Waals surface area contributed by atoms with Gasteiger partial charge in [0.05, 0.1) is 17.7 Å². The van der Waals surface area contributed by atoms with Crippen LogP contribution in [0.5, 0.6) is 11.5 Å². The quantitative estimate of drug-likeness (QED) is 0.454. The molecule has 0 fully saturated rings. The normalized spacial score (nSPS) is 10.5. The highest BCUT2D eigenvalue weighted by Crippen LogP contribution is 2.22. The molecule has 0 atom stereocenters. The molecular weight excluding hydrogens is 380 g/mol. The Morgan fingerprint density at radius 2 is 1.37 bits per heavy atom. The average Bonchev–Trinajstić information content (AvgIpc) is 2.77. The number of para-hydroxylation sites is 1. The van der Waals surface area contributed by atoms with Crippen molar-refractivity contribution in [2.75, 3.05) is 6.61 Å². The molecule has 0 saturated carbocycles. The zero-order chi connectivity index (χ0) is 21.3. The van der Waals surface area contributed by atoms with Gasteiger partial charge in [-0.2, -0.15) is 0 Å². The van der Waals surface area contributed by atoms with Crippen molar-refractivity contribution in [2.45, 2.75) is 20.5 Å². The van der Waals surface area contributed by atoms with Gasteiger partial charge in [-0.25, -0.2) is 9.59 Å². The molecule has 0 saturated heterocycles. The summed E-state index contributed by atoms with van der Waals surface area (Å²) in [7, 11) is 0. The standard InChI is InChI=1S/C25H24O5/c1-18(2)16-28-24(26)20-9-7-10-21(15-20)25(27)29-17-19-8-6-13-23(14-19)30-22-11-4-3-5-12-22/h3-15,18H,16-17H2,1-2H3. The van der Waals surface area contributed by atoms with Gasteiger partial charge in [0.1, 0.15) is 18.1 Å². The van der Waals surface area contributed by atoms with Crippen LogP contribution >= 0.6 is 0 Å². The highest BCUT2D eigenvalue weighted by molar-refractivity contribution is 5.95. The smallest absolute Gasteiger partial charge is 0.338 e. The molecule has 3 aromatic carbocycles. The predicted octanol–water partition coefficient (Wildman–Crippen LogP) is 5.65. The minimum atomic E-state index is -0.511. The zero-order valence-corrected chi connectivity index (χ0v) is 17.0. The molecule has 0 unspecified atom stereocenters. The molecule has 30 heavy (non-hydrogen) atoms. The van der Waals surface area contributed by atoms with Crippen LogP contribution in [-0.2, 0) is 16.1 Å². The van der Waals surface area contributed by atoms with Crippen molar-refractivity contribution >= 4 is 11.9 Å². The van der Waals surface area contributed by atoms with E-state index < -0.39 is 11.9 Å². The molecule has 0 radical (unpaired) electrons. The Bertz CT molecular complexity index is 995. The molecule has 5 heteroatoms. The van der Waals surface area contributed by atoms with Crippen molar-refractivity contribution < 1.29 is 23.8 Å². The summed E-state index contributed by atoms with van der Waals surface area (Å²) < 4.78 is 16.4. The van der Waals surface area contributed by atoms with Gasteiger partial charge >= 0.3 is 11.9 Å². The van der Waals surface area contributed by atoms with Gasteiger partial charge in [-0.05, 0) is 53.9 Å². The van der Waals surface area contributed by atoms with Gasteiger partial charge in [-0.1, -0.05) is 50.2 Å². The van der Waals surface area contributed by atoms with Gasteiger partial charge in [0.15, 0.2) is 0 Å². The number of esters is 2. The van der Waals surface area contributed by atoms with E-state index in [-0.39, 0.29) is 12.5 Å². The van der Waals surface area contributed by atoms with Crippen molar-refractivity contribution in [3.63, 3.8) is 0 Å². The van der Waals surface area contributed by atoms with Crippen molar-refractivity contribution in [2.24, 2.45) is 5.92 Å². The van der Waals surface area contributed by atoms with Crippen LogP contribution in [0.25, 0.3) is 0 Å². The van der Waals surface area contributed by atoms with Gasteiger partial charge in [0.2, 0.25) is 0 Å². The van der Waals surface area contributed by atoms with E-state index in [0.717, 1.165) is 11.3 Å². The lowest BCUT2D eigenvalue weighted by Crippen LogP contribution is -2.12. The van der Waals surface area contributed by atoms with Crippen LogP contribution in [-0.4, -0.2) is 18.5 Å². The second-order valence-corrected chi connectivity index (χ2v) is 7.21. The van der Waals surface area contributed by atoms with Crippen LogP contribution < -0.4 is 4.74 Å². The SMILES string of the molecule is CC(C)COC(=O)c1cccc(C(=O)OCc2cccc(Oc3ccccc3)c2)c1. The van der Waals surface area contributed by atoms with Crippen molar-refractivity contribution in [3.05, 3.63) is 95.6 Å². The number of benzene rings is 3. The molecule has 3 aromatic rings. The first-order valence-electron chi connectivity index (χ1n) is 9.77. The summed E-state index contributed by atoms with van der Waals surface area (Å²) >= 11 is 0. The first-order valence-corrected chi connectivity index (χ1v) is 9.77. The lowest BCUT2D eigenvalue weighted by Gasteiger charge is -2.10. The molecule has 0 heterocycles. The Morgan fingerprint density at radius 1 is 0.733 bits per heavy atom. The third-order valence-corrected chi connectivity index (χ3v) is 4.13. The van der Waals surface area contributed by atoms with Crippen molar-refractivity contribution in [3.8, 4) is 11.5 Å². The summed E-state index contributed by atoms with van der Waals surface area (Å²) in [4.78, 5) is 24.5. The minimum absolute atomic E-state index is 0.0901. The first-order chi connectivity index (χ1) is 14.5. The maximum absolute atomic E-state index is 12.4. The second kappa shape index (κ2) is 10.3. The fourth-order valence-electron chi connectivity index (χ4n) is 2.65. The highest BCUT2D eigenvalue weighted by atomic mass is 16.5. The summed E-state index contributed by atoms with van der Waals surface area (Å²) in [6, 6.07) is 23.1. The monoisotopic (exact) mass is 404 g/mol. The number of hydrogen-bond acceptors (Lipinski definition) is 5. The Hall–Kier alpha value is -3.60. The number of ether oxygens (including phenoxy) is 3. The fraction of sp³-hybridized carbons (Fsp3) is 0.200. The number of rotatable bonds is 8. The van der Waals surface area contributed by atoms with Crippen LogP contribution in [0.15, 0.2) is 78.9 Å². The summed E-state index contributed by atoms with van der Waals surface area (Å²) in [5, 5.41) is 0.